The second kappa shape index (κ2) is 5.36. The fourth-order valence-electron chi connectivity index (χ4n) is 3.97. The minimum Gasteiger partial charge on any atom is -0.261 e. The van der Waals surface area contributed by atoms with E-state index in [4.69, 9.17) is 0 Å². The molecule has 0 bridgehead atoms. The molecule has 1 radical (unpaired) electrons. The number of hydrogen-bond donors (Lipinski definition) is 0. The zero-order valence-electron chi connectivity index (χ0n) is 12.6. The lowest BCUT2D eigenvalue weighted by atomic mass is 9.63. The Labute approximate surface area is 133 Å². The third-order valence-electron chi connectivity index (χ3n) is 5.24. The Hall–Kier alpha value is -1.84. The van der Waals surface area contributed by atoms with Crippen molar-refractivity contribution >= 4 is 0 Å². The molecule has 0 N–H and O–H groups in total. The average Bonchev–Trinajstić information content (AvgIpc) is 2.90. The van der Waals surface area contributed by atoms with E-state index < -0.39 is 11.7 Å². The lowest BCUT2D eigenvalue weighted by Gasteiger charge is -2.40. The van der Waals surface area contributed by atoms with E-state index in [1.807, 2.05) is 12.3 Å². The Morgan fingerprint density at radius 3 is 2.30 bits per heavy atom. The molecule has 1 aromatic heterocycles. The first kappa shape index (κ1) is 14.7. The first-order chi connectivity index (χ1) is 11.0. The largest absolute Gasteiger partial charge is 0.416 e. The lowest BCUT2D eigenvalue weighted by molar-refractivity contribution is -0.137. The van der Waals surface area contributed by atoms with E-state index in [2.05, 4.69) is 11.1 Å². The molecule has 1 aromatic carbocycles. The normalized spacial score (nSPS) is 24.3. The number of aromatic nitrogens is 1. The molecule has 2 aromatic rings. The summed E-state index contributed by atoms with van der Waals surface area (Å²) >= 11 is 0. The summed E-state index contributed by atoms with van der Waals surface area (Å²) < 4.78 is 38.1. The first-order valence-corrected chi connectivity index (χ1v) is 8.01. The van der Waals surface area contributed by atoms with Gasteiger partial charge in [-0.15, -0.1) is 0 Å². The van der Waals surface area contributed by atoms with Crippen LogP contribution < -0.4 is 0 Å². The molecule has 2 atom stereocenters. The molecule has 0 amide bonds. The van der Waals surface area contributed by atoms with Crippen molar-refractivity contribution in [3.63, 3.8) is 0 Å². The maximum Gasteiger partial charge on any atom is 0.416 e. The topological polar surface area (TPSA) is 12.9 Å². The average molecular weight is 316 g/mol. The van der Waals surface area contributed by atoms with Crippen molar-refractivity contribution in [2.75, 3.05) is 0 Å². The van der Waals surface area contributed by atoms with Gasteiger partial charge in [-0.3, -0.25) is 4.98 Å². The predicted octanol–water partition coefficient (Wildman–Crippen LogP) is 5.16. The molecule has 4 heteroatoms. The fraction of sp³-hybridized carbons (Fsp3) is 0.368. The third-order valence-corrected chi connectivity index (χ3v) is 5.24. The number of alkyl halides is 3. The monoisotopic (exact) mass is 316 g/mol. The van der Waals surface area contributed by atoms with E-state index in [1.54, 1.807) is 12.1 Å². The van der Waals surface area contributed by atoms with Crippen LogP contribution in [0, 0.1) is 11.8 Å². The molecule has 2 aliphatic carbocycles. The quantitative estimate of drug-likeness (QED) is 0.745. The molecule has 2 unspecified atom stereocenters. The number of benzene rings is 1. The molecule has 0 saturated heterocycles. The van der Waals surface area contributed by atoms with Gasteiger partial charge in [0.25, 0.3) is 0 Å². The second-order valence-corrected chi connectivity index (χ2v) is 6.44. The summed E-state index contributed by atoms with van der Waals surface area (Å²) in [4.78, 5) is 4.56. The van der Waals surface area contributed by atoms with Gasteiger partial charge < -0.3 is 0 Å². The second-order valence-electron chi connectivity index (χ2n) is 6.44. The first-order valence-electron chi connectivity index (χ1n) is 8.01. The summed E-state index contributed by atoms with van der Waals surface area (Å²) in [5.41, 5.74) is 2.90. The molecule has 2 aliphatic rings. The Morgan fingerprint density at radius 1 is 0.913 bits per heavy atom. The van der Waals surface area contributed by atoms with Gasteiger partial charge in [0, 0.05) is 23.7 Å². The molecule has 1 heterocycles. The summed E-state index contributed by atoms with van der Waals surface area (Å²) in [6.07, 6.45) is 1.82. The standard InChI is InChI=1S/C19H17F3N/c20-19(21,22)14-6-3-12(4-7-14)15-9-10-16(15)17-8-5-13-2-1-11-23-18(13)17/h1-4,6-7,11,16-17H,5,8-10H2. The smallest absolute Gasteiger partial charge is 0.261 e. The van der Waals surface area contributed by atoms with Crippen LogP contribution in [-0.4, -0.2) is 4.98 Å². The van der Waals surface area contributed by atoms with Crippen LogP contribution in [-0.2, 0) is 12.6 Å². The van der Waals surface area contributed by atoms with Crippen molar-refractivity contribution in [1.82, 2.24) is 4.98 Å². The van der Waals surface area contributed by atoms with Crippen LogP contribution in [0.3, 0.4) is 0 Å². The number of fused-ring (bicyclic) bond motifs is 1. The van der Waals surface area contributed by atoms with Crippen molar-refractivity contribution in [3.8, 4) is 0 Å². The molecule has 4 rings (SSSR count). The van der Waals surface area contributed by atoms with Crippen molar-refractivity contribution in [3.05, 3.63) is 70.9 Å². The van der Waals surface area contributed by atoms with Crippen LogP contribution in [0.25, 0.3) is 0 Å². The minimum atomic E-state index is -4.27. The maximum atomic E-state index is 12.7. The highest BCUT2D eigenvalue weighted by Gasteiger charge is 2.42. The van der Waals surface area contributed by atoms with Gasteiger partial charge in [-0.2, -0.15) is 13.2 Å². The Morgan fingerprint density at radius 2 is 1.65 bits per heavy atom. The summed E-state index contributed by atoms with van der Waals surface area (Å²) in [7, 11) is 0. The van der Waals surface area contributed by atoms with E-state index in [1.165, 1.54) is 29.3 Å². The van der Waals surface area contributed by atoms with Gasteiger partial charge in [-0.1, -0.05) is 18.2 Å². The van der Waals surface area contributed by atoms with E-state index in [0.717, 1.165) is 31.2 Å². The van der Waals surface area contributed by atoms with E-state index in [-0.39, 0.29) is 0 Å². The van der Waals surface area contributed by atoms with Crippen LogP contribution in [0.2, 0.25) is 0 Å². The number of halogens is 3. The number of hydrogen-bond acceptors (Lipinski definition) is 1. The van der Waals surface area contributed by atoms with Gasteiger partial charge >= 0.3 is 6.18 Å². The van der Waals surface area contributed by atoms with Gasteiger partial charge in [0.2, 0.25) is 0 Å². The van der Waals surface area contributed by atoms with Gasteiger partial charge in [-0.05, 0) is 60.9 Å². The van der Waals surface area contributed by atoms with Crippen molar-refractivity contribution in [2.45, 2.75) is 37.8 Å². The van der Waals surface area contributed by atoms with Gasteiger partial charge in [0.05, 0.1) is 5.56 Å². The maximum absolute atomic E-state index is 12.7. The van der Waals surface area contributed by atoms with Gasteiger partial charge in [0.15, 0.2) is 0 Å². The summed E-state index contributed by atoms with van der Waals surface area (Å²) in [6.45, 7) is 0. The number of aryl methyl sites for hydroxylation is 1. The Balaban J connectivity index is 1.55. The number of nitrogens with zero attached hydrogens (tertiary/aromatic N) is 1. The van der Waals surface area contributed by atoms with E-state index in [9.17, 15) is 13.2 Å². The zero-order chi connectivity index (χ0) is 16.0. The highest BCUT2D eigenvalue weighted by molar-refractivity contribution is 5.41. The zero-order valence-corrected chi connectivity index (χ0v) is 12.6. The highest BCUT2D eigenvalue weighted by atomic mass is 19.4. The van der Waals surface area contributed by atoms with Gasteiger partial charge in [-0.25, -0.2) is 0 Å². The molecule has 1 fully saturated rings. The molecule has 23 heavy (non-hydrogen) atoms. The third kappa shape index (κ3) is 2.54. The van der Waals surface area contributed by atoms with E-state index >= 15 is 0 Å². The molecule has 0 aliphatic heterocycles. The van der Waals surface area contributed by atoms with E-state index in [0.29, 0.717) is 11.8 Å². The molecule has 0 spiro atoms. The number of pyridine rings is 1. The molecule has 1 saturated carbocycles. The Bertz CT molecular complexity index is 705. The SMILES string of the molecule is FC(F)(F)c1ccc([C]2CCC2C2CCc3cccnc32)cc1. The molecule has 1 nitrogen and oxygen atoms in total. The van der Waals surface area contributed by atoms with Crippen LogP contribution >= 0.6 is 0 Å². The van der Waals surface area contributed by atoms with Crippen LogP contribution in [0.5, 0.6) is 0 Å². The summed E-state index contributed by atoms with van der Waals surface area (Å²) in [6, 6.07) is 9.75. The van der Waals surface area contributed by atoms with Crippen LogP contribution in [0.15, 0.2) is 42.6 Å². The van der Waals surface area contributed by atoms with Crippen molar-refractivity contribution in [1.29, 1.82) is 0 Å². The molecular formula is C19H17F3N. The Kier molecular flexibility index (Phi) is 3.43. The molecular weight excluding hydrogens is 299 g/mol. The highest BCUT2D eigenvalue weighted by Crippen LogP contribution is 2.52. The van der Waals surface area contributed by atoms with Crippen LogP contribution in [0.4, 0.5) is 13.2 Å². The number of rotatable bonds is 2. The fourth-order valence-corrected chi connectivity index (χ4v) is 3.97. The predicted molar refractivity (Wildman–Crippen MR) is 81.8 cm³/mol. The van der Waals surface area contributed by atoms with Crippen LogP contribution in [0.1, 0.15) is 47.6 Å². The minimum absolute atomic E-state index is 0.428. The summed E-state index contributed by atoms with van der Waals surface area (Å²) in [5.74, 6) is 2.15. The lowest BCUT2D eigenvalue weighted by Crippen LogP contribution is -2.30. The van der Waals surface area contributed by atoms with Crippen molar-refractivity contribution in [2.24, 2.45) is 5.92 Å². The van der Waals surface area contributed by atoms with Crippen molar-refractivity contribution < 1.29 is 13.2 Å². The van der Waals surface area contributed by atoms with Gasteiger partial charge in [0.1, 0.15) is 0 Å². The molecule has 119 valence electrons. The summed E-state index contributed by atoms with van der Waals surface area (Å²) in [5, 5.41) is 0.